The van der Waals surface area contributed by atoms with Crippen molar-refractivity contribution in [3.05, 3.63) is 65.0 Å². The fourth-order valence-corrected chi connectivity index (χ4v) is 2.72. The highest BCUT2D eigenvalue weighted by atomic mass is 127. The van der Waals surface area contributed by atoms with E-state index in [1.54, 1.807) is 25.2 Å². The van der Waals surface area contributed by atoms with Crippen molar-refractivity contribution in [1.29, 1.82) is 0 Å². The van der Waals surface area contributed by atoms with E-state index in [-0.39, 0.29) is 30.1 Å². The standard InChI is InChI=1S/C23H33N5O2.HI/c1-17-8-7-13-25-20(17)15-27-21(24-5)26-14-18-9-11-19(12-10-18)16-28(6)22(29)30-23(2,3)4;/h7-13H,14-16H2,1-6H3,(H2,24,26,27);1H. The first-order valence-corrected chi connectivity index (χ1v) is 10.0. The van der Waals surface area contributed by atoms with Crippen molar-refractivity contribution in [2.45, 2.75) is 52.9 Å². The van der Waals surface area contributed by atoms with Crippen LogP contribution in [0.1, 0.15) is 43.2 Å². The number of ether oxygens (including phenoxy) is 1. The van der Waals surface area contributed by atoms with Crippen LogP contribution in [0, 0.1) is 6.92 Å². The van der Waals surface area contributed by atoms with E-state index in [2.05, 4.69) is 20.6 Å². The van der Waals surface area contributed by atoms with E-state index in [4.69, 9.17) is 4.74 Å². The SMILES string of the molecule is CN=C(NCc1ccc(CN(C)C(=O)OC(C)(C)C)cc1)NCc1ncccc1C.I. The molecule has 1 aromatic heterocycles. The summed E-state index contributed by atoms with van der Waals surface area (Å²) in [6.45, 7) is 9.38. The summed E-state index contributed by atoms with van der Waals surface area (Å²) < 4.78 is 5.39. The second kappa shape index (κ2) is 12.5. The van der Waals surface area contributed by atoms with Crippen LogP contribution in [0.5, 0.6) is 0 Å². The van der Waals surface area contributed by atoms with E-state index in [0.717, 1.165) is 22.4 Å². The highest BCUT2D eigenvalue weighted by Crippen LogP contribution is 2.12. The maximum atomic E-state index is 12.1. The van der Waals surface area contributed by atoms with Crippen LogP contribution in [-0.2, 0) is 24.4 Å². The smallest absolute Gasteiger partial charge is 0.410 e. The molecule has 1 amide bonds. The van der Waals surface area contributed by atoms with Gasteiger partial charge in [-0.15, -0.1) is 24.0 Å². The van der Waals surface area contributed by atoms with Gasteiger partial charge in [-0.1, -0.05) is 30.3 Å². The zero-order valence-corrected chi connectivity index (χ0v) is 21.6. The topological polar surface area (TPSA) is 78.9 Å². The number of halogens is 1. The largest absolute Gasteiger partial charge is 0.444 e. The summed E-state index contributed by atoms with van der Waals surface area (Å²) in [6.07, 6.45) is 1.47. The van der Waals surface area contributed by atoms with Gasteiger partial charge in [0, 0.05) is 33.4 Å². The van der Waals surface area contributed by atoms with Crippen molar-refractivity contribution in [1.82, 2.24) is 20.5 Å². The first-order valence-electron chi connectivity index (χ1n) is 10.0. The number of hydrogen-bond donors (Lipinski definition) is 2. The van der Waals surface area contributed by atoms with Gasteiger partial charge >= 0.3 is 6.09 Å². The van der Waals surface area contributed by atoms with Crippen molar-refractivity contribution in [2.75, 3.05) is 14.1 Å². The number of hydrogen-bond acceptors (Lipinski definition) is 4. The number of nitrogens with zero attached hydrogens (tertiary/aromatic N) is 3. The van der Waals surface area contributed by atoms with E-state index in [0.29, 0.717) is 25.6 Å². The summed E-state index contributed by atoms with van der Waals surface area (Å²) in [5.41, 5.74) is 3.81. The molecule has 7 nitrogen and oxygen atoms in total. The first kappa shape index (κ1) is 26.7. The number of carbonyl (C=O) groups excluding carboxylic acids is 1. The zero-order valence-electron chi connectivity index (χ0n) is 19.2. The minimum absolute atomic E-state index is 0. The molecule has 0 saturated carbocycles. The Morgan fingerprint density at radius 2 is 1.71 bits per heavy atom. The minimum atomic E-state index is -0.497. The van der Waals surface area contributed by atoms with E-state index in [1.165, 1.54) is 0 Å². The molecule has 1 heterocycles. The van der Waals surface area contributed by atoms with Gasteiger partial charge < -0.3 is 20.3 Å². The lowest BCUT2D eigenvalue weighted by Gasteiger charge is -2.24. The van der Waals surface area contributed by atoms with Gasteiger partial charge in [-0.3, -0.25) is 9.98 Å². The second-order valence-electron chi connectivity index (χ2n) is 8.20. The predicted octanol–water partition coefficient (Wildman–Crippen LogP) is 4.24. The predicted molar refractivity (Wildman–Crippen MR) is 136 cm³/mol. The number of benzene rings is 1. The molecule has 2 N–H and O–H groups in total. The molecule has 0 aliphatic carbocycles. The van der Waals surface area contributed by atoms with E-state index < -0.39 is 5.60 Å². The summed E-state index contributed by atoms with van der Waals surface area (Å²) in [5.74, 6) is 0.716. The quantitative estimate of drug-likeness (QED) is 0.326. The lowest BCUT2D eigenvalue weighted by molar-refractivity contribution is 0.0285. The number of aromatic nitrogens is 1. The van der Waals surface area contributed by atoms with Crippen LogP contribution < -0.4 is 10.6 Å². The molecule has 2 aromatic rings. The monoisotopic (exact) mass is 539 g/mol. The lowest BCUT2D eigenvalue weighted by atomic mass is 10.1. The van der Waals surface area contributed by atoms with Gasteiger partial charge in [0.2, 0.25) is 0 Å². The van der Waals surface area contributed by atoms with Crippen LogP contribution in [-0.4, -0.2) is 41.6 Å². The molecular weight excluding hydrogens is 505 g/mol. The summed E-state index contributed by atoms with van der Waals surface area (Å²) in [7, 11) is 3.48. The van der Waals surface area contributed by atoms with E-state index in [9.17, 15) is 4.79 Å². The molecule has 1 aromatic carbocycles. The van der Waals surface area contributed by atoms with Crippen molar-refractivity contribution >= 4 is 36.0 Å². The highest BCUT2D eigenvalue weighted by molar-refractivity contribution is 14.0. The number of rotatable bonds is 6. The summed E-state index contributed by atoms with van der Waals surface area (Å²) >= 11 is 0. The van der Waals surface area contributed by atoms with Crippen molar-refractivity contribution in [3.63, 3.8) is 0 Å². The van der Waals surface area contributed by atoms with Gasteiger partial charge in [0.25, 0.3) is 0 Å². The summed E-state index contributed by atoms with van der Waals surface area (Å²) in [4.78, 5) is 22.3. The van der Waals surface area contributed by atoms with Gasteiger partial charge in [-0.25, -0.2) is 4.79 Å². The Labute approximate surface area is 202 Å². The second-order valence-corrected chi connectivity index (χ2v) is 8.20. The average molecular weight is 539 g/mol. The molecule has 0 radical (unpaired) electrons. The molecule has 170 valence electrons. The Morgan fingerprint density at radius 1 is 1.10 bits per heavy atom. The van der Waals surface area contributed by atoms with E-state index in [1.807, 2.05) is 64.1 Å². The summed E-state index contributed by atoms with van der Waals surface area (Å²) in [6, 6.07) is 12.1. The molecule has 0 aliphatic heterocycles. The third kappa shape index (κ3) is 9.54. The van der Waals surface area contributed by atoms with Crippen LogP contribution >= 0.6 is 24.0 Å². The number of nitrogens with one attached hydrogen (secondary N) is 2. The van der Waals surface area contributed by atoms with Crippen LogP contribution in [0.25, 0.3) is 0 Å². The van der Waals surface area contributed by atoms with Crippen LogP contribution in [0.3, 0.4) is 0 Å². The molecule has 31 heavy (non-hydrogen) atoms. The third-order valence-electron chi connectivity index (χ3n) is 4.37. The molecule has 2 rings (SSSR count). The minimum Gasteiger partial charge on any atom is -0.444 e. The zero-order chi connectivity index (χ0) is 22.1. The van der Waals surface area contributed by atoms with Crippen LogP contribution in [0.2, 0.25) is 0 Å². The lowest BCUT2D eigenvalue weighted by Crippen LogP contribution is -2.36. The maximum Gasteiger partial charge on any atom is 0.410 e. The first-order chi connectivity index (χ1) is 14.2. The van der Waals surface area contributed by atoms with Crippen molar-refractivity contribution in [3.8, 4) is 0 Å². The van der Waals surface area contributed by atoms with Crippen LogP contribution in [0.4, 0.5) is 4.79 Å². The Balaban J connectivity index is 0.00000480. The number of aryl methyl sites for hydroxylation is 1. The van der Waals surface area contributed by atoms with Gasteiger partial charge in [0.05, 0.1) is 12.2 Å². The molecule has 0 unspecified atom stereocenters. The molecule has 0 bridgehead atoms. The highest BCUT2D eigenvalue weighted by Gasteiger charge is 2.19. The Kier molecular flexibility index (Phi) is 10.7. The summed E-state index contributed by atoms with van der Waals surface area (Å²) in [5, 5.41) is 6.59. The fourth-order valence-electron chi connectivity index (χ4n) is 2.72. The number of pyridine rings is 1. The number of amides is 1. The normalized spacial score (nSPS) is 11.4. The van der Waals surface area contributed by atoms with Gasteiger partial charge in [-0.05, 0) is 50.5 Å². The van der Waals surface area contributed by atoms with Crippen molar-refractivity contribution < 1.29 is 9.53 Å². The van der Waals surface area contributed by atoms with E-state index >= 15 is 0 Å². The number of aliphatic imine (C=N–C) groups is 1. The maximum absolute atomic E-state index is 12.1. The van der Waals surface area contributed by atoms with Crippen LogP contribution in [0.15, 0.2) is 47.6 Å². The molecule has 0 saturated heterocycles. The fraction of sp³-hybridized carbons (Fsp3) is 0.435. The van der Waals surface area contributed by atoms with Crippen molar-refractivity contribution in [2.24, 2.45) is 4.99 Å². The molecule has 0 aliphatic rings. The molecular formula is C23H34IN5O2. The van der Waals surface area contributed by atoms with Gasteiger partial charge in [0.1, 0.15) is 5.60 Å². The molecule has 0 spiro atoms. The molecule has 8 heteroatoms. The third-order valence-corrected chi connectivity index (χ3v) is 4.37. The Bertz CT molecular complexity index is 863. The van der Waals surface area contributed by atoms with Gasteiger partial charge in [-0.2, -0.15) is 0 Å². The number of guanidine groups is 1. The number of carbonyl (C=O) groups is 1. The Morgan fingerprint density at radius 3 is 2.29 bits per heavy atom. The molecule has 0 fully saturated rings. The molecule has 0 atom stereocenters. The average Bonchev–Trinajstić information content (AvgIpc) is 2.69. The van der Waals surface area contributed by atoms with Gasteiger partial charge in [0.15, 0.2) is 5.96 Å². The Hall–Kier alpha value is -2.36.